The molecular weight excluding hydrogens is 234 g/mol. The van der Waals surface area contributed by atoms with E-state index in [2.05, 4.69) is 5.32 Å². The highest BCUT2D eigenvalue weighted by atomic mass is 16.4. The molecule has 2 N–H and O–H groups in total. The third-order valence-corrected chi connectivity index (χ3v) is 4.16. The first-order chi connectivity index (χ1) is 8.58. The molecule has 18 heavy (non-hydrogen) atoms. The highest BCUT2D eigenvalue weighted by Gasteiger charge is 2.36. The molecule has 0 aromatic heterocycles. The van der Waals surface area contributed by atoms with Crippen molar-refractivity contribution in [3.8, 4) is 0 Å². The maximum Gasteiger partial charge on any atom is 0.306 e. The van der Waals surface area contributed by atoms with Crippen LogP contribution in [0.5, 0.6) is 0 Å². The fourth-order valence-corrected chi connectivity index (χ4v) is 3.15. The molecule has 3 atom stereocenters. The van der Waals surface area contributed by atoms with Crippen molar-refractivity contribution in [3.05, 3.63) is 0 Å². The van der Waals surface area contributed by atoms with E-state index in [-0.39, 0.29) is 29.6 Å². The number of carbonyl (C=O) groups is 3. The Morgan fingerprint density at radius 2 is 1.89 bits per heavy atom. The van der Waals surface area contributed by atoms with Crippen LogP contribution in [0.3, 0.4) is 0 Å². The fourth-order valence-electron chi connectivity index (χ4n) is 3.15. The van der Waals surface area contributed by atoms with Gasteiger partial charge in [-0.15, -0.1) is 0 Å². The smallest absolute Gasteiger partial charge is 0.306 e. The molecule has 0 bridgehead atoms. The van der Waals surface area contributed by atoms with E-state index in [9.17, 15) is 14.4 Å². The molecule has 0 radical (unpaired) electrons. The normalized spacial score (nSPS) is 33.7. The standard InChI is InChI=1S/C13H19NO4/c15-11-6-5-10(12(16)14-11)8-3-1-2-4-9(7-8)13(17)18/h8-10H,1-7H2,(H,17,18)(H,14,15,16). The number of piperidine rings is 1. The summed E-state index contributed by atoms with van der Waals surface area (Å²) in [6.07, 6.45) is 5.02. The molecule has 1 heterocycles. The molecule has 1 saturated heterocycles. The summed E-state index contributed by atoms with van der Waals surface area (Å²) in [7, 11) is 0. The van der Waals surface area contributed by atoms with E-state index in [0.717, 1.165) is 19.3 Å². The molecule has 0 spiro atoms. The lowest BCUT2D eigenvalue weighted by atomic mass is 9.79. The summed E-state index contributed by atoms with van der Waals surface area (Å²) in [6, 6.07) is 0. The Balaban J connectivity index is 2.04. The van der Waals surface area contributed by atoms with Crippen LogP contribution in [0.2, 0.25) is 0 Å². The minimum absolute atomic E-state index is 0.113. The van der Waals surface area contributed by atoms with Crippen molar-refractivity contribution in [2.24, 2.45) is 17.8 Å². The zero-order valence-corrected chi connectivity index (χ0v) is 10.4. The Morgan fingerprint density at radius 3 is 2.56 bits per heavy atom. The minimum atomic E-state index is -0.755. The average molecular weight is 253 g/mol. The Bertz CT molecular complexity index is 366. The van der Waals surface area contributed by atoms with Gasteiger partial charge in [0.2, 0.25) is 11.8 Å². The summed E-state index contributed by atoms with van der Waals surface area (Å²) in [4.78, 5) is 34.0. The summed E-state index contributed by atoms with van der Waals surface area (Å²) >= 11 is 0. The molecule has 2 amide bonds. The predicted molar refractivity (Wildman–Crippen MR) is 63.6 cm³/mol. The molecule has 3 unspecified atom stereocenters. The molecule has 0 aromatic rings. The number of carbonyl (C=O) groups excluding carboxylic acids is 2. The van der Waals surface area contributed by atoms with Crippen LogP contribution >= 0.6 is 0 Å². The Kier molecular flexibility index (Phi) is 3.99. The van der Waals surface area contributed by atoms with Crippen LogP contribution in [0.4, 0.5) is 0 Å². The van der Waals surface area contributed by atoms with E-state index >= 15 is 0 Å². The van der Waals surface area contributed by atoms with Gasteiger partial charge in [0.25, 0.3) is 0 Å². The zero-order chi connectivity index (χ0) is 13.1. The number of carboxylic acid groups (broad SMARTS) is 1. The first-order valence-electron chi connectivity index (χ1n) is 6.64. The number of nitrogens with one attached hydrogen (secondary N) is 1. The topological polar surface area (TPSA) is 83.5 Å². The molecule has 2 aliphatic rings. The van der Waals surface area contributed by atoms with Gasteiger partial charge in [0.15, 0.2) is 0 Å². The van der Waals surface area contributed by atoms with Gasteiger partial charge in [-0.05, 0) is 31.6 Å². The second-order valence-electron chi connectivity index (χ2n) is 5.37. The van der Waals surface area contributed by atoms with Crippen LogP contribution in [0, 0.1) is 17.8 Å². The molecule has 100 valence electrons. The molecule has 5 heteroatoms. The van der Waals surface area contributed by atoms with E-state index in [1.165, 1.54) is 0 Å². The first kappa shape index (κ1) is 13.1. The number of aliphatic carboxylic acids is 1. The highest BCUT2D eigenvalue weighted by Crippen LogP contribution is 2.35. The van der Waals surface area contributed by atoms with Gasteiger partial charge in [0.1, 0.15) is 0 Å². The van der Waals surface area contributed by atoms with Gasteiger partial charge in [-0.3, -0.25) is 19.7 Å². The van der Waals surface area contributed by atoms with E-state index in [4.69, 9.17) is 5.11 Å². The molecule has 2 fully saturated rings. The Morgan fingerprint density at radius 1 is 1.17 bits per heavy atom. The van der Waals surface area contributed by atoms with Crippen molar-refractivity contribution in [2.75, 3.05) is 0 Å². The number of hydrogen-bond acceptors (Lipinski definition) is 3. The summed E-state index contributed by atoms with van der Waals surface area (Å²) in [6.45, 7) is 0. The van der Waals surface area contributed by atoms with Gasteiger partial charge in [0.05, 0.1) is 5.92 Å². The summed E-state index contributed by atoms with van der Waals surface area (Å²) in [5.41, 5.74) is 0. The van der Waals surface area contributed by atoms with E-state index < -0.39 is 5.97 Å². The molecule has 5 nitrogen and oxygen atoms in total. The fraction of sp³-hybridized carbons (Fsp3) is 0.769. The van der Waals surface area contributed by atoms with Crippen molar-refractivity contribution in [2.45, 2.75) is 44.9 Å². The second-order valence-corrected chi connectivity index (χ2v) is 5.37. The van der Waals surface area contributed by atoms with Gasteiger partial charge in [-0.1, -0.05) is 12.8 Å². The van der Waals surface area contributed by atoms with E-state index in [0.29, 0.717) is 25.7 Å². The van der Waals surface area contributed by atoms with Crippen LogP contribution in [-0.2, 0) is 14.4 Å². The molecule has 1 aliphatic heterocycles. The Hall–Kier alpha value is -1.39. The quantitative estimate of drug-likeness (QED) is 0.574. The third-order valence-electron chi connectivity index (χ3n) is 4.16. The van der Waals surface area contributed by atoms with Crippen molar-refractivity contribution in [1.82, 2.24) is 5.32 Å². The van der Waals surface area contributed by atoms with Crippen LogP contribution in [0.1, 0.15) is 44.9 Å². The predicted octanol–water partition coefficient (Wildman–Crippen LogP) is 1.32. The number of carboxylic acids is 1. The van der Waals surface area contributed by atoms with Gasteiger partial charge in [-0.25, -0.2) is 0 Å². The van der Waals surface area contributed by atoms with E-state index in [1.807, 2.05) is 0 Å². The van der Waals surface area contributed by atoms with Crippen LogP contribution in [-0.4, -0.2) is 22.9 Å². The molecule has 2 rings (SSSR count). The van der Waals surface area contributed by atoms with Crippen molar-refractivity contribution in [1.29, 1.82) is 0 Å². The minimum Gasteiger partial charge on any atom is -0.481 e. The number of rotatable bonds is 2. The summed E-state index contributed by atoms with van der Waals surface area (Å²) in [5.74, 6) is -1.57. The van der Waals surface area contributed by atoms with Crippen LogP contribution in [0.25, 0.3) is 0 Å². The third kappa shape index (κ3) is 2.89. The SMILES string of the molecule is O=C1CCC(C2CCCCC(C(=O)O)C2)C(=O)N1. The molecular formula is C13H19NO4. The average Bonchev–Trinajstić information content (AvgIpc) is 2.54. The lowest BCUT2D eigenvalue weighted by Crippen LogP contribution is -2.44. The Labute approximate surface area is 106 Å². The monoisotopic (exact) mass is 253 g/mol. The van der Waals surface area contributed by atoms with Crippen molar-refractivity contribution < 1.29 is 19.5 Å². The van der Waals surface area contributed by atoms with Crippen molar-refractivity contribution >= 4 is 17.8 Å². The first-order valence-corrected chi connectivity index (χ1v) is 6.64. The highest BCUT2D eigenvalue weighted by molar-refractivity contribution is 5.98. The lowest BCUT2D eigenvalue weighted by Gasteiger charge is -2.29. The number of imide groups is 1. The van der Waals surface area contributed by atoms with Gasteiger partial charge < -0.3 is 5.11 Å². The van der Waals surface area contributed by atoms with Crippen LogP contribution < -0.4 is 5.32 Å². The summed E-state index contributed by atoms with van der Waals surface area (Å²) in [5, 5.41) is 11.5. The van der Waals surface area contributed by atoms with E-state index in [1.54, 1.807) is 0 Å². The lowest BCUT2D eigenvalue weighted by molar-refractivity contribution is -0.144. The van der Waals surface area contributed by atoms with Crippen LogP contribution in [0.15, 0.2) is 0 Å². The summed E-state index contributed by atoms with van der Waals surface area (Å²) < 4.78 is 0. The zero-order valence-electron chi connectivity index (χ0n) is 10.4. The van der Waals surface area contributed by atoms with Gasteiger partial charge >= 0.3 is 5.97 Å². The number of hydrogen-bond donors (Lipinski definition) is 2. The number of amides is 2. The van der Waals surface area contributed by atoms with Gasteiger partial charge in [-0.2, -0.15) is 0 Å². The maximum atomic E-state index is 11.8. The maximum absolute atomic E-state index is 11.8. The van der Waals surface area contributed by atoms with Gasteiger partial charge in [0, 0.05) is 12.3 Å². The molecule has 0 aromatic carbocycles. The second kappa shape index (κ2) is 5.50. The molecule has 1 aliphatic carbocycles. The molecule has 1 saturated carbocycles. The largest absolute Gasteiger partial charge is 0.481 e. The van der Waals surface area contributed by atoms with Crippen molar-refractivity contribution in [3.63, 3.8) is 0 Å².